The van der Waals surface area contributed by atoms with Crippen LogP contribution < -0.4 is 15.2 Å². The molecular weight excluding hydrogens is 292 g/mol. The number of piperidine rings is 1. The molecule has 0 spiro atoms. The van der Waals surface area contributed by atoms with Crippen molar-refractivity contribution in [2.75, 3.05) is 24.4 Å². The smallest absolute Gasteiger partial charge is 0.301 e. The van der Waals surface area contributed by atoms with Gasteiger partial charge in [0.1, 0.15) is 18.2 Å². The maximum atomic E-state index is 12.3. The Kier molecular flexibility index (Phi) is 5.03. The fourth-order valence-electron chi connectivity index (χ4n) is 2.13. The predicted molar refractivity (Wildman–Crippen MR) is 81.8 cm³/mol. The van der Waals surface area contributed by atoms with E-state index in [4.69, 9.17) is 15.9 Å². The van der Waals surface area contributed by atoms with E-state index < -0.39 is 10.2 Å². The molecule has 0 aromatic heterocycles. The fraction of sp³-hybridized carbons (Fsp3) is 0.462. The molecular formula is C13H20N4O3S. The molecule has 1 aliphatic rings. The molecule has 21 heavy (non-hydrogen) atoms. The Balaban J connectivity index is 2.04. The first kappa shape index (κ1) is 15.6. The van der Waals surface area contributed by atoms with E-state index in [1.165, 1.54) is 4.31 Å². The molecule has 0 bridgehead atoms. The second kappa shape index (κ2) is 6.77. The zero-order valence-corrected chi connectivity index (χ0v) is 12.5. The van der Waals surface area contributed by atoms with Gasteiger partial charge in [-0.05, 0) is 25.0 Å². The second-order valence-electron chi connectivity index (χ2n) is 4.91. The minimum atomic E-state index is -3.52. The molecule has 1 aromatic carbocycles. The van der Waals surface area contributed by atoms with Gasteiger partial charge in [-0.2, -0.15) is 12.7 Å². The normalized spacial score (nSPS) is 16.4. The van der Waals surface area contributed by atoms with Gasteiger partial charge >= 0.3 is 10.2 Å². The number of nitrogens with zero attached hydrogens (tertiary/aromatic N) is 1. The summed E-state index contributed by atoms with van der Waals surface area (Å²) < 4.78 is 33.8. The van der Waals surface area contributed by atoms with E-state index >= 15 is 0 Å². The number of hydrogen-bond acceptors (Lipinski definition) is 4. The monoisotopic (exact) mass is 312 g/mol. The molecule has 0 saturated carbocycles. The van der Waals surface area contributed by atoms with Crippen LogP contribution in [0.3, 0.4) is 0 Å². The first-order valence-corrected chi connectivity index (χ1v) is 8.25. The molecule has 1 saturated heterocycles. The highest BCUT2D eigenvalue weighted by Gasteiger charge is 2.23. The number of benzene rings is 1. The number of amidine groups is 1. The van der Waals surface area contributed by atoms with Crippen molar-refractivity contribution >= 4 is 21.7 Å². The highest BCUT2D eigenvalue weighted by atomic mass is 32.2. The van der Waals surface area contributed by atoms with Gasteiger partial charge in [0, 0.05) is 19.2 Å². The van der Waals surface area contributed by atoms with Crippen LogP contribution in [0.1, 0.15) is 19.3 Å². The molecule has 7 nitrogen and oxygen atoms in total. The first-order chi connectivity index (χ1) is 9.97. The van der Waals surface area contributed by atoms with E-state index in [0.29, 0.717) is 24.5 Å². The number of hydrogen-bond donors (Lipinski definition) is 3. The van der Waals surface area contributed by atoms with Crippen LogP contribution in [0.5, 0.6) is 5.75 Å². The average Bonchev–Trinajstić information content (AvgIpc) is 2.46. The number of ether oxygens (including phenoxy) is 1. The van der Waals surface area contributed by atoms with Crippen LogP contribution in [-0.4, -0.2) is 38.3 Å². The van der Waals surface area contributed by atoms with Crippen LogP contribution >= 0.6 is 0 Å². The molecule has 0 radical (unpaired) electrons. The van der Waals surface area contributed by atoms with Gasteiger partial charge in [0.2, 0.25) is 0 Å². The average molecular weight is 312 g/mol. The Hall–Kier alpha value is -1.80. The summed E-state index contributed by atoms with van der Waals surface area (Å²) in [4.78, 5) is 0. The van der Waals surface area contributed by atoms with Crippen LogP contribution in [0.2, 0.25) is 0 Å². The van der Waals surface area contributed by atoms with E-state index in [1.54, 1.807) is 24.3 Å². The molecule has 0 unspecified atom stereocenters. The topological polar surface area (TPSA) is 109 Å². The maximum Gasteiger partial charge on any atom is 0.301 e. The highest BCUT2D eigenvalue weighted by molar-refractivity contribution is 7.90. The van der Waals surface area contributed by atoms with Gasteiger partial charge in [0.05, 0.1) is 5.69 Å². The van der Waals surface area contributed by atoms with E-state index in [0.717, 1.165) is 19.3 Å². The van der Waals surface area contributed by atoms with Gasteiger partial charge in [-0.25, -0.2) is 0 Å². The van der Waals surface area contributed by atoms with Crippen molar-refractivity contribution < 1.29 is 13.2 Å². The van der Waals surface area contributed by atoms with Gasteiger partial charge in [-0.15, -0.1) is 0 Å². The van der Waals surface area contributed by atoms with Crippen molar-refractivity contribution in [3.63, 3.8) is 0 Å². The minimum absolute atomic E-state index is 0.0255. The summed E-state index contributed by atoms with van der Waals surface area (Å²) in [7, 11) is -3.52. The third kappa shape index (κ3) is 4.61. The fourth-order valence-corrected chi connectivity index (χ4v) is 3.42. The lowest BCUT2D eigenvalue weighted by molar-refractivity contribution is 0.349. The molecule has 116 valence electrons. The Bertz CT molecular complexity index is 597. The Morgan fingerprint density at radius 1 is 1.33 bits per heavy atom. The van der Waals surface area contributed by atoms with Gasteiger partial charge in [-0.3, -0.25) is 10.1 Å². The summed E-state index contributed by atoms with van der Waals surface area (Å²) >= 11 is 0. The van der Waals surface area contributed by atoms with Crippen molar-refractivity contribution in [2.45, 2.75) is 19.3 Å². The standard InChI is InChI=1S/C13H20N4O3S/c14-13(15)10-20-12-6-4-5-11(9-12)16-21(18,19)17-7-2-1-3-8-17/h4-6,9,16H,1-3,7-8,10H2,(H3,14,15). The van der Waals surface area contributed by atoms with Gasteiger partial charge in [0.15, 0.2) is 0 Å². The second-order valence-corrected chi connectivity index (χ2v) is 6.58. The van der Waals surface area contributed by atoms with E-state index in [-0.39, 0.29) is 12.4 Å². The van der Waals surface area contributed by atoms with E-state index in [1.807, 2.05) is 0 Å². The third-order valence-electron chi connectivity index (χ3n) is 3.13. The van der Waals surface area contributed by atoms with Crippen LogP contribution in [0.4, 0.5) is 5.69 Å². The van der Waals surface area contributed by atoms with Crippen LogP contribution in [0.15, 0.2) is 24.3 Å². The molecule has 0 aliphatic carbocycles. The van der Waals surface area contributed by atoms with Crippen LogP contribution in [0.25, 0.3) is 0 Å². The Morgan fingerprint density at radius 3 is 2.71 bits per heavy atom. The lowest BCUT2D eigenvalue weighted by Gasteiger charge is -2.26. The first-order valence-electron chi connectivity index (χ1n) is 6.81. The quantitative estimate of drug-likeness (QED) is 0.540. The number of nitrogens with two attached hydrogens (primary N) is 1. The molecule has 4 N–H and O–H groups in total. The lowest BCUT2D eigenvalue weighted by atomic mass is 10.2. The minimum Gasteiger partial charge on any atom is -0.486 e. The van der Waals surface area contributed by atoms with Crippen molar-refractivity contribution in [3.05, 3.63) is 24.3 Å². The largest absolute Gasteiger partial charge is 0.486 e. The van der Waals surface area contributed by atoms with Crippen molar-refractivity contribution in [3.8, 4) is 5.75 Å². The molecule has 1 heterocycles. The number of anilines is 1. The zero-order valence-electron chi connectivity index (χ0n) is 11.7. The summed E-state index contributed by atoms with van der Waals surface area (Å²) in [5.74, 6) is 0.373. The van der Waals surface area contributed by atoms with Crippen molar-refractivity contribution in [1.29, 1.82) is 5.41 Å². The Morgan fingerprint density at radius 2 is 2.05 bits per heavy atom. The van der Waals surface area contributed by atoms with Crippen molar-refractivity contribution in [1.82, 2.24) is 4.31 Å². The molecule has 2 rings (SSSR count). The van der Waals surface area contributed by atoms with Gasteiger partial charge in [-0.1, -0.05) is 12.5 Å². The SMILES string of the molecule is N=C(N)COc1cccc(NS(=O)(=O)N2CCCCC2)c1. The summed E-state index contributed by atoms with van der Waals surface area (Å²) in [6, 6.07) is 6.59. The van der Waals surface area contributed by atoms with Crippen LogP contribution in [-0.2, 0) is 10.2 Å². The van der Waals surface area contributed by atoms with Crippen molar-refractivity contribution in [2.24, 2.45) is 5.73 Å². The Labute approximate surface area is 124 Å². The lowest BCUT2D eigenvalue weighted by Crippen LogP contribution is -2.39. The van der Waals surface area contributed by atoms with E-state index in [2.05, 4.69) is 4.72 Å². The van der Waals surface area contributed by atoms with Crippen LogP contribution in [0, 0.1) is 5.41 Å². The van der Waals surface area contributed by atoms with Gasteiger partial charge in [0.25, 0.3) is 0 Å². The highest BCUT2D eigenvalue weighted by Crippen LogP contribution is 2.20. The number of rotatable bonds is 6. The summed E-state index contributed by atoms with van der Waals surface area (Å²) in [6.07, 6.45) is 2.85. The number of nitrogens with one attached hydrogen (secondary N) is 2. The summed E-state index contributed by atoms with van der Waals surface area (Å²) in [6.45, 7) is 1.08. The third-order valence-corrected chi connectivity index (χ3v) is 4.67. The van der Waals surface area contributed by atoms with Gasteiger partial charge < -0.3 is 10.5 Å². The molecule has 8 heteroatoms. The molecule has 1 fully saturated rings. The summed E-state index contributed by atoms with van der Waals surface area (Å²) in [5, 5.41) is 7.11. The summed E-state index contributed by atoms with van der Waals surface area (Å²) in [5.41, 5.74) is 5.65. The molecule has 0 atom stereocenters. The molecule has 1 aliphatic heterocycles. The molecule has 1 aromatic rings. The zero-order chi connectivity index (χ0) is 15.3. The molecule has 0 amide bonds. The van der Waals surface area contributed by atoms with E-state index in [9.17, 15) is 8.42 Å². The maximum absolute atomic E-state index is 12.3. The predicted octanol–water partition coefficient (Wildman–Crippen LogP) is 1.14.